The third-order valence-electron chi connectivity index (χ3n) is 7.32. The molecular weight excluding hydrogens is 405 g/mol. The molecule has 1 saturated carbocycles. The molecule has 1 aromatic rings. The number of alkyl halides is 3. The van der Waals surface area contributed by atoms with Crippen LogP contribution < -0.4 is 5.32 Å². The van der Waals surface area contributed by atoms with Crippen molar-refractivity contribution in [2.75, 3.05) is 19.8 Å². The Morgan fingerprint density at radius 3 is 2.68 bits per heavy atom. The van der Waals surface area contributed by atoms with Gasteiger partial charge in [0.25, 0.3) is 0 Å². The Labute approximate surface area is 182 Å². The van der Waals surface area contributed by atoms with Gasteiger partial charge in [0.2, 0.25) is 5.91 Å². The van der Waals surface area contributed by atoms with Crippen molar-refractivity contribution in [1.82, 2.24) is 10.2 Å². The van der Waals surface area contributed by atoms with E-state index in [1.54, 1.807) is 6.07 Å². The third-order valence-corrected chi connectivity index (χ3v) is 7.32. The highest BCUT2D eigenvalue weighted by Crippen LogP contribution is 2.45. The summed E-state index contributed by atoms with van der Waals surface area (Å²) in [4.78, 5) is 15.5. The zero-order valence-electron chi connectivity index (χ0n) is 18.3. The van der Waals surface area contributed by atoms with Crippen LogP contribution >= 0.6 is 0 Å². The van der Waals surface area contributed by atoms with Gasteiger partial charge in [0.15, 0.2) is 0 Å². The molecule has 0 aromatic heterocycles. The van der Waals surface area contributed by atoms with Crippen molar-refractivity contribution < 1.29 is 22.7 Å². The lowest BCUT2D eigenvalue weighted by Crippen LogP contribution is -2.46. The molecule has 31 heavy (non-hydrogen) atoms. The number of hydrogen-bond acceptors (Lipinski definition) is 3. The first-order chi connectivity index (χ1) is 14.8. The van der Waals surface area contributed by atoms with Crippen molar-refractivity contribution in [3.05, 3.63) is 34.9 Å². The van der Waals surface area contributed by atoms with E-state index in [0.717, 1.165) is 69.8 Å². The van der Waals surface area contributed by atoms with E-state index in [1.807, 2.05) is 4.90 Å². The van der Waals surface area contributed by atoms with Gasteiger partial charge in [-0.2, -0.15) is 13.2 Å². The van der Waals surface area contributed by atoms with Gasteiger partial charge in [-0.15, -0.1) is 0 Å². The fourth-order valence-electron chi connectivity index (χ4n) is 5.72. The molecule has 4 rings (SSSR count). The number of rotatable bonds is 5. The van der Waals surface area contributed by atoms with Gasteiger partial charge < -0.3 is 15.0 Å². The molecule has 1 unspecified atom stereocenters. The zero-order chi connectivity index (χ0) is 22.1. The van der Waals surface area contributed by atoms with Gasteiger partial charge in [-0.05, 0) is 68.2 Å². The summed E-state index contributed by atoms with van der Waals surface area (Å²) in [6, 6.07) is 4.73. The number of carbonyl (C=O) groups is 1. The van der Waals surface area contributed by atoms with Gasteiger partial charge >= 0.3 is 6.18 Å². The van der Waals surface area contributed by atoms with E-state index in [9.17, 15) is 18.0 Å². The van der Waals surface area contributed by atoms with Crippen molar-refractivity contribution in [3.8, 4) is 0 Å². The number of amides is 1. The number of halogens is 3. The molecule has 2 fully saturated rings. The first-order valence-electron chi connectivity index (χ1n) is 11.6. The van der Waals surface area contributed by atoms with Gasteiger partial charge in [-0.1, -0.05) is 19.4 Å². The van der Waals surface area contributed by atoms with Gasteiger partial charge in [-0.3, -0.25) is 4.79 Å². The highest BCUT2D eigenvalue weighted by Gasteiger charge is 2.47. The van der Waals surface area contributed by atoms with Gasteiger partial charge in [0.05, 0.1) is 11.0 Å². The van der Waals surface area contributed by atoms with Crippen LogP contribution in [-0.2, 0) is 28.7 Å². The number of benzene rings is 1. The molecule has 7 heteroatoms. The average molecular weight is 439 g/mol. The van der Waals surface area contributed by atoms with Crippen LogP contribution in [0.25, 0.3) is 0 Å². The summed E-state index contributed by atoms with van der Waals surface area (Å²) in [6.07, 6.45) is 2.69. The smallest absolute Gasteiger partial charge is 0.381 e. The monoisotopic (exact) mass is 438 g/mol. The number of carbonyl (C=O) groups excluding carboxylic acids is 1. The van der Waals surface area contributed by atoms with Crippen molar-refractivity contribution in [2.24, 2.45) is 5.41 Å². The van der Waals surface area contributed by atoms with Crippen molar-refractivity contribution in [1.29, 1.82) is 0 Å². The second-order valence-electron chi connectivity index (χ2n) is 9.48. The predicted molar refractivity (Wildman–Crippen MR) is 113 cm³/mol. The fraction of sp³-hybridized carbons (Fsp3) is 0.708. The van der Waals surface area contributed by atoms with E-state index in [1.165, 1.54) is 6.07 Å². The molecule has 3 aliphatic rings. The number of nitrogens with zero attached hydrogens (tertiary/aromatic N) is 1. The Kier molecular flexibility index (Phi) is 6.63. The Balaban J connectivity index is 1.46. The molecule has 172 valence electrons. The zero-order valence-corrected chi connectivity index (χ0v) is 18.3. The summed E-state index contributed by atoms with van der Waals surface area (Å²) < 4.78 is 44.9. The second kappa shape index (κ2) is 9.10. The Hall–Kier alpha value is -1.60. The third kappa shape index (κ3) is 4.92. The number of fused-ring (bicyclic) bond motifs is 1. The first kappa shape index (κ1) is 22.6. The molecule has 2 aliphatic heterocycles. The predicted octanol–water partition coefficient (Wildman–Crippen LogP) is 4.70. The Bertz CT molecular complexity index is 792. The Morgan fingerprint density at radius 2 is 1.97 bits per heavy atom. The molecule has 1 aliphatic carbocycles. The summed E-state index contributed by atoms with van der Waals surface area (Å²) in [5, 5.41) is 3.75. The maximum Gasteiger partial charge on any atom is 0.416 e. The normalized spacial score (nSPS) is 27.4. The molecule has 1 amide bonds. The molecule has 0 radical (unpaired) electrons. The topological polar surface area (TPSA) is 41.6 Å². The lowest BCUT2D eigenvalue weighted by Gasteiger charge is -2.38. The first-order valence-corrected chi connectivity index (χ1v) is 11.6. The minimum Gasteiger partial charge on any atom is -0.381 e. The summed E-state index contributed by atoms with van der Waals surface area (Å²) >= 11 is 0. The number of hydrogen-bond donors (Lipinski definition) is 1. The van der Waals surface area contributed by atoms with Crippen LogP contribution in [0.2, 0.25) is 0 Å². The summed E-state index contributed by atoms with van der Waals surface area (Å²) in [6.45, 7) is 4.55. The average Bonchev–Trinajstić information content (AvgIpc) is 3.16. The molecule has 1 N–H and O–H groups in total. The molecule has 1 aromatic carbocycles. The fourth-order valence-corrected chi connectivity index (χ4v) is 5.72. The number of ether oxygens (including phenoxy) is 1. The molecule has 2 atom stereocenters. The second-order valence-corrected chi connectivity index (χ2v) is 9.48. The standard InChI is InChI=1S/C24H33F3N2O2/c1-2-9-23(10-5-21(15-23)28-20-7-12-31-13-8-20)22(30)29-11-6-17-3-4-19(24(25,26)27)14-18(17)16-29/h3-4,14,20-21,28H,2,5-13,15-16H2,1H3/t21?,23-/m0/s1. The van der Waals surface area contributed by atoms with Crippen LogP contribution in [0, 0.1) is 5.41 Å². The quantitative estimate of drug-likeness (QED) is 0.725. The minimum absolute atomic E-state index is 0.133. The lowest BCUT2D eigenvalue weighted by molar-refractivity contribution is -0.143. The van der Waals surface area contributed by atoms with Crippen LogP contribution in [0.4, 0.5) is 13.2 Å². The van der Waals surface area contributed by atoms with Gasteiger partial charge in [0.1, 0.15) is 0 Å². The molecule has 4 nitrogen and oxygen atoms in total. The van der Waals surface area contributed by atoms with Crippen LogP contribution in [-0.4, -0.2) is 42.6 Å². The highest BCUT2D eigenvalue weighted by atomic mass is 19.4. The number of nitrogens with one attached hydrogen (secondary N) is 1. The van der Waals surface area contributed by atoms with Crippen molar-refractivity contribution in [2.45, 2.75) is 83.1 Å². The van der Waals surface area contributed by atoms with E-state index in [2.05, 4.69) is 12.2 Å². The van der Waals surface area contributed by atoms with Crippen LogP contribution in [0.1, 0.15) is 68.6 Å². The molecule has 1 saturated heterocycles. The van der Waals surface area contributed by atoms with Crippen LogP contribution in [0.3, 0.4) is 0 Å². The lowest BCUT2D eigenvalue weighted by atomic mass is 9.79. The molecule has 0 bridgehead atoms. The summed E-state index contributed by atoms with van der Waals surface area (Å²) in [5.41, 5.74) is 0.532. The van der Waals surface area contributed by atoms with Crippen molar-refractivity contribution >= 4 is 5.91 Å². The maximum atomic E-state index is 13.7. The largest absolute Gasteiger partial charge is 0.416 e. The van der Waals surface area contributed by atoms with E-state index in [4.69, 9.17) is 4.74 Å². The minimum atomic E-state index is -4.36. The summed E-state index contributed by atoms with van der Waals surface area (Å²) in [7, 11) is 0. The van der Waals surface area contributed by atoms with E-state index in [-0.39, 0.29) is 12.5 Å². The van der Waals surface area contributed by atoms with E-state index in [0.29, 0.717) is 30.6 Å². The molecule has 2 heterocycles. The van der Waals surface area contributed by atoms with Crippen LogP contribution in [0.15, 0.2) is 18.2 Å². The van der Waals surface area contributed by atoms with E-state index >= 15 is 0 Å². The molecule has 0 spiro atoms. The van der Waals surface area contributed by atoms with E-state index < -0.39 is 17.2 Å². The SMILES string of the molecule is CCC[C@]1(C(=O)N2CCc3ccc(C(F)(F)F)cc3C2)CCC(NC2CCOCC2)C1. The van der Waals surface area contributed by atoms with Gasteiger partial charge in [0, 0.05) is 38.4 Å². The Morgan fingerprint density at radius 1 is 1.19 bits per heavy atom. The summed E-state index contributed by atoms with van der Waals surface area (Å²) in [5.74, 6) is 0.133. The van der Waals surface area contributed by atoms with Crippen molar-refractivity contribution in [3.63, 3.8) is 0 Å². The van der Waals surface area contributed by atoms with Gasteiger partial charge in [-0.25, -0.2) is 0 Å². The highest BCUT2D eigenvalue weighted by molar-refractivity contribution is 5.83. The van der Waals surface area contributed by atoms with Crippen LogP contribution in [0.5, 0.6) is 0 Å². The molecular formula is C24H33F3N2O2. The maximum absolute atomic E-state index is 13.7.